The van der Waals surface area contributed by atoms with Gasteiger partial charge in [0, 0.05) is 0 Å². The second-order valence-electron chi connectivity index (χ2n) is 3.67. The molecule has 0 radical (unpaired) electrons. The van der Waals surface area contributed by atoms with Crippen LogP contribution in [0.15, 0.2) is 0 Å². The minimum Gasteiger partial charge on any atom is -0.329 e. The Labute approximate surface area is 68.5 Å². The van der Waals surface area contributed by atoms with Crippen LogP contribution < -0.4 is 5.73 Å². The smallest absolute Gasteiger partial charge is 0.282 e. The van der Waals surface area contributed by atoms with Crippen molar-refractivity contribution in [3.8, 4) is 0 Å². The minimum atomic E-state index is -2.68. The van der Waals surface area contributed by atoms with E-state index >= 15 is 0 Å². The van der Waals surface area contributed by atoms with E-state index < -0.39 is 24.6 Å². The summed E-state index contributed by atoms with van der Waals surface area (Å²) >= 11 is 0. The van der Waals surface area contributed by atoms with E-state index in [1.807, 2.05) is 0 Å². The molecule has 1 saturated heterocycles. The summed E-state index contributed by atoms with van der Waals surface area (Å²) in [6.45, 7) is -0.907. The Morgan fingerprint density at radius 2 is 1.83 bits per heavy atom. The summed E-state index contributed by atoms with van der Waals surface area (Å²) < 4.78 is 24.6. The van der Waals surface area contributed by atoms with Crippen molar-refractivity contribution in [2.75, 3.05) is 13.1 Å². The highest BCUT2D eigenvalue weighted by atomic mass is 19.3. The van der Waals surface area contributed by atoms with E-state index in [-0.39, 0.29) is 5.91 Å². The summed E-state index contributed by atoms with van der Waals surface area (Å²) in [6.07, 6.45) is 1.27. The summed E-state index contributed by atoms with van der Waals surface area (Å²) in [5.41, 5.74) is 4.76. The molecule has 68 valence electrons. The molecule has 2 fully saturated rings. The monoisotopic (exact) mass is 176 g/mol. The van der Waals surface area contributed by atoms with Crippen LogP contribution in [0.5, 0.6) is 0 Å². The molecule has 5 heteroatoms. The SMILES string of the molecule is NC1(C(=O)N2CC(F)(F)C2)CC1. The number of carbonyl (C=O) groups excluding carboxylic acids is 1. The van der Waals surface area contributed by atoms with Crippen LogP contribution in [0.25, 0.3) is 0 Å². The lowest BCUT2D eigenvalue weighted by Crippen LogP contribution is -2.62. The number of hydrogen-bond donors (Lipinski definition) is 1. The Bertz CT molecular complexity index is 230. The zero-order valence-electron chi connectivity index (χ0n) is 6.52. The second kappa shape index (κ2) is 1.96. The first-order chi connectivity index (χ1) is 5.43. The number of nitrogens with two attached hydrogens (primary N) is 1. The van der Waals surface area contributed by atoms with Crippen LogP contribution in [0.2, 0.25) is 0 Å². The Hall–Kier alpha value is -0.710. The molecule has 0 spiro atoms. The van der Waals surface area contributed by atoms with E-state index in [0.29, 0.717) is 12.8 Å². The molecule has 2 N–H and O–H groups in total. The van der Waals surface area contributed by atoms with Crippen LogP contribution in [-0.4, -0.2) is 35.4 Å². The van der Waals surface area contributed by atoms with Gasteiger partial charge in [0.05, 0.1) is 18.6 Å². The fourth-order valence-electron chi connectivity index (χ4n) is 1.32. The molecular formula is C7H10F2N2O. The third kappa shape index (κ3) is 1.08. The predicted molar refractivity (Wildman–Crippen MR) is 37.7 cm³/mol. The van der Waals surface area contributed by atoms with E-state index in [1.165, 1.54) is 0 Å². The Morgan fingerprint density at radius 3 is 2.17 bits per heavy atom. The van der Waals surface area contributed by atoms with E-state index in [2.05, 4.69) is 0 Å². The van der Waals surface area contributed by atoms with Crippen molar-refractivity contribution in [3.05, 3.63) is 0 Å². The maximum absolute atomic E-state index is 12.3. The first-order valence-electron chi connectivity index (χ1n) is 3.89. The summed E-state index contributed by atoms with van der Waals surface area (Å²) in [4.78, 5) is 12.4. The third-order valence-corrected chi connectivity index (χ3v) is 2.35. The number of nitrogens with zero attached hydrogens (tertiary/aromatic N) is 1. The molecule has 0 bridgehead atoms. The molecule has 12 heavy (non-hydrogen) atoms. The number of amides is 1. The maximum Gasteiger partial charge on any atom is 0.282 e. The summed E-state index contributed by atoms with van der Waals surface area (Å²) in [7, 11) is 0. The predicted octanol–water partition coefficient (Wildman–Crippen LogP) is -0.0448. The molecule has 2 aliphatic rings. The highest BCUT2D eigenvalue weighted by Crippen LogP contribution is 2.37. The van der Waals surface area contributed by atoms with Crippen molar-refractivity contribution in [2.45, 2.75) is 24.3 Å². The van der Waals surface area contributed by atoms with Gasteiger partial charge in [-0.3, -0.25) is 4.79 Å². The molecule has 0 aromatic carbocycles. The fourth-order valence-corrected chi connectivity index (χ4v) is 1.32. The van der Waals surface area contributed by atoms with E-state index in [4.69, 9.17) is 5.73 Å². The second-order valence-corrected chi connectivity index (χ2v) is 3.67. The first kappa shape index (κ1) is 7.91. The van der Waals surface area contributed by atoms with Gasteiger partial charge < -0.3 is 10.6 Å². The molecule has 0 unspecified atom stereocenters. The van der Waals surface area contributed by atoms with Gasteiger partial charge in [-0.05, 0) is 12.8 Å². The molecule has 0 aromatic heterocycles. The van der Waals surface area contributed by atoms with Crippen LogP contribution in [-0.2, 0) is 4.79 Å². The first-order valence-corrected chi connectivity index (χ1v) is 3.89. The largest absolute Gasteiger partial charge is 0.329 e. The molecule has 1 amide bonds. The number of carbonyl (C=O) groups is 1. The van der Waals surface area contributed by atoms with Crippen molar-refractivity contribution < 1.29 is 13.6 Å². The fraction of sp³-hybridized carbons (Fsp3) is 0.857. The molecule has 1 aliphatic heterocycles. The van der Waals surface area contributed by atoms with Crippen molar-refractivity contribution >= 4 is 5.91 Å². The van der Waals surface area contributed by atoms with E-state index in [0.717, 1.165) is 4.90 Å². The zero-order valence-corrected chi connectivity index (χ0v) is 6.52. The van der Waals surface area contributed by atoms with Gasteiger partial charge in [0.2, 0.25) is 5.91 Å². The van der Waals surface area contributed by atoms with Gasteiger partial charge in [0.25, 0.3) is 5.92 Å². The molecule has 0 aromatic rings. The van der Waals surface area contributed by atoms with Crippen molar-refractivity contribution in [1.29, 1.82) is 0 Å². The average Bonchev–Trinajstić information content (AvgIpc) is 2.62. The number of halogens is 2. The topological polar surface area (TPSA) is 46.3 Å². The molecule has 1 saturated carbocycles. The normalized spacial score (nSPS) is 29.4. The average molecular weight is 176 g/mol. The van der Waals surface area contributed by atoms with Gasteiger partial charge in [-0.15, -0.1) is 0 Å². The summed E-state index contributed by atoms with van der Waals surface area (Å²) in [6, 6.07) is 0. The van der Waals surface area contributed by atoms with Gasteiger partial charge in [0.1, 0.15) is 0 Å². The van der Waals surface area contributed by atoms with Gasteiger partial charge in [-0.1, -0.05) is 0 Å². The van der Waals surface area contributed by atoms with Gasteiger partial charge >= 0.3 is 0 Å². The van der Waals surface area contributed by atoms with Crippen molar-refractivity contribution in [1.82, 2.24) is 4.90 Å². The quantitative estimate of drug-likeness (QED) is 0.609. The summed E-state index contributed by atoms with van der Waals surface area (Å²) in [5, 5.41) is 0. The van der Waals surface area contributed by atoms with E-state index in [9.17, 15) is 13.6 Å². The van der Waals surface area contributed by atoms with Gasteiger partial charge in [-0.2, -0.15) is 0 Å². The van der Waals surface area contributed by atoms with Crippen molar-refractivity contribution in [2.24, 2.45) is 5.73 Å². The number of likely N-dealkylation sites (tertiary alicyclic amines) is 1. The lowest BCUT2D eigenvalue weighted by Gasteiger charge is -2.40. The van der Waals surface area contributed by atoms with Crippen LogP contribution in [0, 0.1) is 0 Å². The van der Waals surface area contributed by atoms with Crippen LogP contribution in [0.4, 0.5) is 8.78 Å². The molecular weight excluding hydrogens is 166 g/mol. The van der Waals surface area contributed by atoms with Crippen LogP contribution in [0.1, 0.15) is 12.8 Å². The number of alkyl halides is 2. The number of hydrogen-bond acceptors (Lipinski definition) is 2. The Kier molecular flexibility index (Phi) is 1.29. The minimum absolute atomic E-state index is 0.312. The van der Waals surface area contributed by atoms with Gasteiger partial charge in [0.15, 0.2) is 0 Å². The lowest BCUT2D eigenvalue weighted by atomic mass is 10.1. The number of rotatable bonds is 1. The van der Waals surface area contributed by atoms with Crippen LogP contribution in [0.3, 0.4) is 0 Å². The highest BCUT2D eigenvalue weighted by molar-refractivity contribution is 5.89. The van der Waals surface area contributed by atoms with E-state index in [1.54, 1.807) is 0 Å². The van der Waals surface area contributed by atoms with Crippen molar-refractivity contribution in [3.63, 3.8) is 0 Å². The highest BCUT2D eigenvalue weighted by Gasteiger charge is 2.55. The molecule has 0 atom stereocenters. The molecule has 1 aliphatic carbocycles. The lowest BCUT2D eigenvalue weighted by molar-refractivity contribution is -0.167. The third-order valence-electron chi connectivity index (χ3n) is 2.35. The summed E-state index contributed by atoms with van der Waals surface area (Å²) in [5.74, 6) is -2.99. The Morgan fingerprint density at radius 1 is 1.33 bits per heavy atom. The Balaban J connectivity index is 1.92. The van der Waals surface area contributed by atoms with Gasteiger partial charge in [-0.25, -0.2) is 8.78 Å². The standard InChI is InChI=1S/C7H10F2N2O/c8-7(9)3-11(4-7)5(12)6(10)1-2-6/h1-4,10H2. The zero-order chi connectivity index (χ0) is 8.98. The molecule has 2 rings (SSSR count). The molecule has 1 heterocycles. The molecule has 3 nitrogen and oxygen atoms in total. The van der Waals surface area contributed by atoms with Crippen LogP contribution >= 0.6 is 0 Å². The maximum atomic E-state index is 12.3.